The van der Waals surface area contributed by atoms with Crippen LogP contribution in [-0.4, -0.2) is 35.7 Å². The van der Waals surface area contributed by atoms with Gasteiger partial charge in [0, 0.05) is 48.8 Å². The minimum Gasteiger partial charge on any atom is -0.378 e. The summed E-state index contributed by atoms with van der Waals surface area (Å²) in [5.41, 5.74) is 6.74. The highest BCUT2D eigenvalue weighted by Crippen LogP contribution is 2.18. The van der Waals surface area contributed by atoms with Crippen LogP contribution in [0.3, 0.4) is 0 Å². The first-order valence-electron chi connectivity index (χ1n) is 11.3. The van der Waals surface area contributed by atoms with Crippen LogP contribution in [0.15, 0.2) is 53.5 Å². The molecule has 2 N–H and O–H groups in total. The second-order valence-corrected chi connectivity index (χ2v) is 8.16. The highest BCUT2D eigenvalue weighted by molar-refractivity contribution is 6.10. The van der Waals surface area contributed by atoms with Crippen molar-refractivity contribution in [3.05, 3.63) is 76.6 Å². The summed E-state index contributed by atoms with van der Waals surface area (Å²) in [6, 6.07) is 15.6. The van der Waals surface area contributed by atoms with Gasteiger partial charge in [-0.1, -0.05) is 31.2 Å². The van der Waals surface area contributed by atoms with E-state index in [1.165, 1.54) is 0 Å². The first-order chi connectivity index (χ1) is 15.8. The monoisotopic (exact) mass is 446 g/mol. The predicted octanol–water partition coefficient (Wildman–Crippen LogP) is 4.55. The first-order valence-corrected chi connectivity index (χ1v) is 11.3. The van der Waals surface area contributed by atoms with E-state index < -0.39 is 0 Å². The van der Waals surface area contributed by atoms with Gasteiger partial charge >= 0.3 is 0 Å². The third kappa shape index (κ3) is 5.80. The third-order valence-corrected chi connectivity index (χ3v) is 5.73. The predicted molar refractivity (Wildman–Crippen MR) is 136 cm³/mol. The minimum absolute atomic E-state index is 0.211. The van der Waals surface area contributed by atoms with Crippen molar-refractivity contribution in [2.24, 2.45) is 4.99 Å². The van der Waals surface area contributed by atoms with Gasteiger partial charge in [-0.25, -0.2) is 4.99 Å². The molecule has 2 aromatic carbocycles. The number of nitrogens with one attached hydrogen (secondary N) is 2. The molecule has 174 valence electrons. The Morgan fingerprint density at radius 2 is 1.85 bits per heavy atom. The average molecular weight is 447 g/mol. The van der Waals surface area contributed by atoms with Crippen molar-refractivity contribution in [3.8, 4) is 0 Å². The summed E-state index contributed by atoms with van der Waals surface area (Å²) in [6.45, 7) is 9.46. The molecule has 7 heteroatoms. The Bertz CT molecular complexity index is 1150. The number of aliphatic imine (C=N–C) groups is 1. The maximum atomic E-state index is 13.1. The fourth-order valence-corrected chi connectivity index (χ4v) is 3.72. The van der Waals surface area contributed by atoms with E-state index in [2.05, 4.69) is 42.6 Å². The molecular formula is C26H34N6O. The molecule has 0 aliphatic heterocycles. The molecule has 1 aromatic heterocycles. The second kappa shape index (κ2) is 10.8. The van der Waals surface area contributed by atoms with Crippen LogP contribution in [0.25, 0.3) is 0 Å². The third-order valence-electron chi connectivity index (χ3n) is 5.73. The fourth-order valence-electron chi connectivity index (χ4n) is 3.72. The number of para-hydroxylation sites is 1. The van der Waals surface area contributed by atoms with E-state index in [9.17, 15) is 4.79 Å². The van der Waals surface area contributed by atoms with E-state index in [4.69, 9.17) is 4.99 Å². The number of guanidine groups is 1. The van der Waals surface area contributed by atoms with Gasteiger partial charge in [0.2, 0.25) is 5.96 Å². The van der Waals surface area contributed by atoms with E-state index >= 15 is 0 Å². The van der Waals surface area contributed by atoms with Gasteiger partial charge in [0.15, 0.2) is 0 Å². The van der Waals surface area contributed by atoms with Crippen molar-refractivity contribution in [2.75, 3.05) is 24.3 Å². The normalized spacial score (nSPS) is 11.4. The number of amides is 1. The number of anilines is 2. The van der Waals surface area contributed by atoms with Crippen molar-refractivity contribution < 1.29 is 4.79 Å². The Morgan fingerprint density at radius 3 is 2.52 bits per heavy atom. The van der Waals surface area contributed by atoms with Gasteiger partial charge in [-0.3, -0.25) is 14.8 Å². The van der Waals surface area contributed by atoms with Gasteiger partial charge < -0.3 is 10.2 Å². The van der Waals surface area contributed by atoms with Gasteiger partial charge in [0.1, 0.15) is 0 Å². The molecule has 3 rings (SSSR count). The molecule has 7 nitrogen and oxygen atoms in total. The Hall–Kier alpha value is -3.61. The Labute approximate surface area is 196 Å². The largest absolute Gasteiger partial charge is 0.378 e. The zero-order valence-electron chi connectivity index (χ0n) is 20.4. The summed E-state index contributed by atoms with van der Waals surface area (Å²) in [7, 11) is 3.91. The molecule has 0 radical (unpaired) electrons. The highest BCUT2D eigenvalue weighted by atomic mass is 16.1. The average Bonchev–Trinajstić information content (AvgIpc) is 3.10. The number of aromatic nitrogens is 2. The molecule has 0 spiro atoms. The van der Waals surface area contributed by atoms with Crippen molar-refractivity contribution in [3.63, 3.8) is 0 Å². The molecule has 0 aliphatic carbocycles. The Kier molecular flexibility index (Phi) is 7.87. The maximum Gasteiger partial charge on any atom is 0.258 e. The number of aryl methyl sites for hydroxylation is 3. The number of nitrogens with zero attached hydrogens (tertiary/aromatic N) is 4. The SMILES string of the molecule is CCc1ccccc1NC(=NCc1c(C)nn(CC)c1C)NC(=O)c1cccc(N(C)C)c1. The Morgan fingerprint density at radius 1 is 1.09 bits per heavy atom. The topological polar surface area (TPSA) is 74.5 Å². The summed E-state index contributed by atoms with van der Waals surface area (Å²) in [5, 5.41) is 10.9. The zero-order valence-corrected chi connectivity index (χ0v) is 20.4. The number of hydrogen-bond donors (Lipinski definition) is 2. The van der Waals surface area contributed by atoms with Gasteiger partial charge in [0.25, 0.3) is 5.91 Å². The summed E-state index contributed by atoms with van der Waals surface area (Å²) in [6.07, 6.45) is 0.872. The highest BCUT2D eigenvalue weighted by Gasteiger charge is 2.14. The van der Waals surface area contributed by atoms with Crippen LogP contribution in [0.4, 0.5) is 11.4 Å². The second-order valence-electron chi connectivity index (χ2n) is 8.16. The van der Waals surface area contributed by atoms with Crippen LogP contribution >= 0.6 is 0 Å². The lowest BCUT2D eigenvalue weighted by Crippen LogP contribution is -2.36. The standard InChI is InChI=1S/C26H34N6O/c1-7-20-12-9-10-15-24(20)28-26(27-17-23-18(3)30-32(8-2)19(23)4)29-25(33)21-13-11-14-22(16-21)31(5)6/h9-16H,7-8,17H2,1-6H3,(H2,27,28,29,33). The summed E-state index contributed by atoms with van der Waals surface area (Å²) in [5.74, 6) is 0.204. The number of rotatable bonds is 7. The van der Waals surface area contributed by atoms with Crippen LogP contribution < -0.4 is 15.5 Å². The summed E-state index contributed by atoms with van der Waals surface area (Å²) < 4.78 is 1.98. The lowest BCUT2D eigenvalue weighted by Gasteiger charge is -2.16. The molecule has 3 aromatic rings. The lowest BCUT2D eigenvalue weighted by atomic mass is 10.1. The van der Waals surface area contributed by atoms with Crippen LogP contribution in [0.5, 0.6) is 0 Å². The molecule has 0 atom stereocenters. The van der Waals surface area contributed by atoms with E-state index in [0.29, 0.717) is 18.1 Å². The summed E-state index contributed by atoms with van der Waals surface area (Å²) in [4.78, 5) is 19.8. The smallest absolute Gasteiger partial charge is 0.258 e. The Balaban J connectivity index is 1.91. The molecule has 0 aliphatic rings. The van der Waals surface area contributed by atoms with Gasteiger partial charge in [-0.05, 0) is 57.0 Å². The first kappa shape index (κ1) is 24.0. The van der Waals surface area contributed by atoms with Crippen molar-refractivity contribution in [1.29, 1.82) is 0 Å². The quantitative estimate of drug-likeness (QED) is 0.413. The lowest BCUT2D eigenvalue weighted by molar-refractivity contribution is 0.0977. The number of carbonyl (C=O) groups excluding carboxylic acids is 1. The van der Waals surface area contributed by atoms with Crippen LogP contribution in [-0.2, 0) is 19.5 Å². The van der Waals surface area contributed by atoms with E-state index in [0.717, 1.165) is 46.9 Å². The minimum atomic E-state index is -0.211. The fraction of sp³-hybridized carbons (Fsp3) is 0.346. The molecule has 0 saturated carbocycles. The van der Waals surface area contributed by atoms with Crippen LogP contribution in [0.1, 0.15) is 46.7 Å². The van der Waals surface area contributed by atoms with Gasteiger partial charge in [-0.2, -0.15) is 5.10 Å². The number of hydrogen-bond acceptors (Lipinski definition) is 4. The molecule has 1 heterocycles. The van der Waals surface area contributed by atoms with E-state index in [1.807, 2.05) is 67.0 Å². The number of carbonyl (C=O) groups is 1. The van der Waals surface area contributed by atoms with E-state index in [-0.39, 0.29) is 5.91 Å². The molecule has 0 saturated heterocycles. The van der Waals surface area contributed by atoms with Crippen LogP contribution in [0.2, 0.25) is 0 Å². The molecule has 0 bridgehead atoms. The van der Waals surface area contributed by atoms with Crippen LogP contribution in [0, 0.1) is 13.8 Å². The summed E-state index contributed by atoms with van der Waals surface area (Å²) >= 11 is 0. The zero-order chi connectivity index (χ0) is 24.0. The van der Waals surface area contributed by atoms with Gasteiger partial charge in [0.05, 0.1) is 12.2 Å². The molecule has 1 amide bonds. The number of benzene rings is 2. The van der Waals surface area contributed by atoms with E-state index in [1.54, 1.807) is 6.07 Å². The molecule has 0 fully saturated rings. The van der Waals surface area contributed by atoms with Gasteiger partial charge in [-0.15, -0.1) is 0 Å². The van der Waals surface area contributed by atoms with Crippen molar-refractivity contribution in [2.45, 2.75) is 47.2 Å². The van der Waals surface area contributed by atoms with Crippen molar-refractivity contribution >= 4 is 23.2 Å². The van der Waals surface area contributed by atoms with Crippen molar-refractivity contribution in [1.82, 2.24) is 15.1 Å². The maximum absolute atomic E-state index is 13.1. The molecule has 33 heavy (non-hydrogen) atoms. The molecular weight excluding hydrogens is 412 g/mol. The molecule has 0 unspecified atom stereocenters.